The number of alkyl halides is 1. The fraction of sp³-hybridized carbons (Fsp3) is 0.545. The van der Waals surface area contributed by atoms with Crippen molar-refractivity contribution in [3.8, 4) is 11.8 Å². The Morgan fingerprint density at radius 3 is 2.54 bits per heavy atom. The summed E-state index contributed by atoms with van der Waals surface area (Å²) in [6.07, 6.45) is 3.65. The van der Waals surface area contributed by atoms with E-state index >= 15 is 4.39 Å². The van der Waals surface area contributed by atoms with Crippen molar-refractivity contribution in [3.63, 3.8) is 0 Å². The molecular weight excluding hydrogens is 493 g/mol. The monoisotopic (exact) mass is 531 g/mol. The molecule has 5 nitrogen and oxygen atoms in total. The number of benzene rings is 1. The summed E-state index contributed by atoms with van der Waals surface area (Å²) in [5.74, 6) is 5.70. The lowest BCUT2D eigenvalue weighted by molar-refractivity contribution is -0.150. The van der Waals surface area contributed by atoms with Crippen LogP contribution in [0.5, 0.6) is 0 Å². The van der Waals surface area contributed by atoms with E-state index in [9.17, 15) is 14.4 Å². The Bertz CT molecular complexity index is 1330. The third-order valence-corrected chi connectivity index (χ3v) is 9.98. The predicted molar refractivity (Wildman–Crippen MR) is 149 cm³/mol. The van der Waals surface area contributed by atoms with Gasteiger partial charge in [0.25, 0.3) is 0 Å². The van der Waals surface area contributed by atoms with E-state index in [0.29, 0.717) is 37.7 Å². The molecule has 1 unspecified atom stereocenters. The fourth-order valence-electron chi connectivity index (χ4n) is 8.20. The molecule has 0 heterocycles. The van der Waals surface area contributed by atoms with Crippen LogP contribution in [0.1, 0.15) is 70.8 Å². The van der Waals surface area contributed by atoms with E-state index in [1.807, 2.05) is 14.1 Å². The van der Waals surface area contributed by atoms with Gasteiger partial charge in [0.1, 0.15) is 6.17 Å². The number of halogens is 1. The molecule has 0 radical (unpaired) electrons. The Balaban J connectivity index is 1.68. The molecule has 1 aromatic carbocycles. The number of fused-ring (bicyclic) bond motifs is 4. The first kappa shape index (κ1) is 27.4. The van der Waals surface area contributed by atoms with Gasteiger partial charge in [0, 0.05) is 39.0 Å². The Kier molecular flexibility index (Phi) is 7.07. The number of rotatable bonds is 5. The molecule has 6 heteroatoms. The molecule has 4 aliphatic carbocycles. The summed E-state index contributed by atoms with van der Waals surface area (Å²) in [7, 11) is 4.01. The number of carbonyl (C=O) groups excluding carboxylic acids is 3. The molecule has 1 aromatic rings. The zero-order valence-electron chi connectivity index (χ0n) is 23.6. The quantitative estimate of drug-likeness (QED) is 0.358. The third kappa shape index (κ3) is 4.35. The van der Waals surface area contributed by atoms with Crippen LogP contribution in [-0.2, 0) is 19.1 Å². The Labute approximate surface area is 230 Å². The number of ketones is 2. The molecule has 0 spiro atoms. The number of Topliss-reactive ketones (excluding diaryl/α,β-unsaturated/α-hetero) is 1. The number of ether oxygens (including phenoxy) is 1. The number of hydrogen-bond donors (Lipinski definition) is 0. The van der Waals surface area contributed by atoms with Crippen molar-refractivity contribution in [2.24, 2.45) is 22.7 Å². The van der Waals surface area contributed by atoms with Crippen molar-refractivity contribution in [1.29, 1.82) is 0 Å². The first-order valence-electron chi connectivity index (χ1n) is 14.0. The molecule has 2 saturated carbocycles. The number of esters is 1. The van der Waals surface area contributed by atoms with E-state index in [4.69, 9.17) is 4.74 Å². The van der Waals surface area contributed by atoms with Gasteiger partial charge in [-0.2, -0.15) is 0 Å². The van der Waals surface area contributed by atoms with Crippen LogP contribution >= 0.6 is 0 Å². The van der Waals surface area contributed by atoms with Crippen molar-refractivity contribution in [2.45, 2.75) is 71.4 Å². The van der Waals surface area contributed by atoms with Crippen molar-refractivity contribution in [2.75, 3.05) is 25.6 Å². The SMILES string of the molecule is CC#C[C@]1(C(=O)COC(C)=O)CC[C@H]2[C@@H]3CC(F)C4=CC(=O)CCC4=C3[C@@H](c3ccc(N(C)C)cc3)C[C@@]21C. The first-order chi connectivity index (χ1) is 18.5. The smallest absolute Gasteiger partial charge is 0.303 e. The molecule has 0 bridgehead atoms. The average Bonchev–Trinajstić information content (AvgIpc) is 3.20. The first-order valence-corrected chi connectivity index (χ1v) is 14.0. The van der Waals surface area contributed by atoms with Crippen LogP contribution in [-0.4, -0.2) is 44.4 Å². The van der Waals surface area contributed by atoms with Gasteiger partial charge in [-0.25, -0.2) is 4.39 Å². The normalized spacial score (nSPS) is 33.2. The van der Waals surface area contributed by atoms with E-state index in [1.165, 1.54) is 18.6 Å². The van der Waals surface area contributed by atoms with Gasteiger partial charge in [-0.1, -0.05) is 30.6 Å². The minimum absolute atomic E-state index is 0.00263. The number of nitrogens with zero attached hydrogens (tertiary/aromatic N) is 1. The highest BCUT2D eigenvalue weighted by molar-refractivity contribution is 5.93. The topological polar surface area (TPSA) is 63.7 Å². The highest BCUT2D eigenvalue weighted by Gasteiger charge is 2.66. The Morgan fingerprint density at radius 1 is 1.18 bits per heavy atom. The molecule has 6 atom stereocenters. The summed E-state index contributed by atoms with van der Waals surface area (Å²) in [5.41, 5.74) is 3.58. The molecule has 0 N–H and O–H groups in total. The second-order valence-electron chi connectivity index (χ2n) is 12.1. The fourth-order valence-corrected chi connectivity index (χ4v) is 8.20. The zero-order valence-corrected chi connectivity index (χ0v) is 23.6. The Hall–Kier alpha value is -3.20. The summed E-state index contributed by atoms with van der Waals surface area (Å²) in [5, 5.41) is 0. The van der Waals surface area contributed by atoms with E-state index in [0.717, 1.165) is 23.2 Å². The lowest BCUT2D eigenvalue weighted by Gasteiger charge is -2.55. The van der Waals surface area contributed by atoms with Gasteiger partial charge >= 0.3 is 5.97 Å². The standard InChI is InChI=1S/C33H38FNO4/c1-6-14-33(30(38)19-39-20(2)36)15-13-28-26-17-29(34)25-16-23(37)11-12-24(25)31(26)27(18-32(28,33)3)21-7-9-22(10-8-21)35(4)5/h7-10,16,26-29H,11-13,15,17-19H2,1-5H3/t26-,27+,28-,29?,32-,33+/m0/s1. The highest BCUT2D eigenvalue weighted by Crippen LogP contribution is 2.69. The molecule has 206 valence electrons. The van der Waals surface area contributed by atoms with Crippen molar-refractivity contribution in [1.82, 2.24) is 0 Å². The summed E-state index contributed by atoms with van der Waals surface area (Å²) in [4.78, 5) is 39.8. The second kappa shape index (κ2) is 10.1. The van der Waals surface area contributed by atoms with Gasteiger partial charge < -0.3 is 9.64 Å². The lowest BCUT2D eigenvalue weighted by Crippen LogP contribution is -2.52. The molecule has 0 aromatic heterocycles. The lowest BCUT2D eigenvalue weighted by atomic mass is 9.48. The van der Waals surface area contributed by atoms with Crippen molar-refractivity contribution in [3.05, 3.63) is 52.6 Å². The van der Waals surface area contributed by atoms with Crippen LogP contribution in [0.4, 0.5) is 10.1 Å². The van der Waals surface area contributed by atoms with Crippen LogP contribution in [0.3, 0.4) is 0 Å². The third-order valence-electron chi connectivity index (χ3n) is 9.98. The van der Waals surface area contributed by atoms with Crippen LogP contribution in [0.25, 0.3) is 0 Å². The number of allylic oxidation sites excluding steroid dienone is 4. The van der Waals surface area contributed by atoms with Crippen LogP contribution in [0, 0.1) is 34.5 Å². The van der Waals surface area contributed by atoms with Gasteiger partial charge in [-0.3, -0.25) is 14.4 Å². The van der Waals surface area contributed by atoms with Gasteiger partial charge in [-0.15, -0.1) is 5.92 Å². The van der Waals surface area contributed by atoms with Gasteiger partial charge in [-0.05, 0) is 91.2 Å². The second-order valence-corrected chi connectivity index (χ2v) is 12.1. The van der Waals surface area contributed by atoms with E-state index in [2.05, 4.69) is 47.9 Å². The van der Waals surface area contributed by atoms with E-state index < -0.39 is 23.0 Å². The molecular formula is C33H38FNO4. The van der Waals surface area contributed by atoms with E-state index in [-0.39, 0.29) is 35.9 Å². The molecule has 0 aliphatic heterocycles. The summed E-state index contributed by atoms with van der Waals surface area (Å²) in [6.45, 7) is 4.92. The maximum Gasteiger partial charge on any atom is 0.303 e. The minimum Gasteiger partial charge on any atom is -0.458 e. The summed E-state index contributed by atoms with van der Waals surface area (Å²) >= 11 is 0. The van der Waals surface area contributed by atoms with Gasteiger partial charge in [0.2, 0.25) is 0 Å². The molecule has 4 aliphatic rings. The molecule has 0 saturated heterocycles. The predicted octanol–water partition coefficient (Wildman–Crippen LogP) is 5.74. The number of hydrogen-bond acceptors (Lipinski definition) is 5. The Morgan fingerprint density at radius 2 is 1.90 bits per heavy atom. The van der Waals surface area contributed by atoms with Gasteiger partial charge in [0.05, 0.1) is 5.41 Å². The molecule has 39 heavy (non-hydrogen) atoms. The summed E-state index contributed by atoms with van der Waals surface area (Å²) < 4.78 is 21.0. The molecule has 0 amide bonds. The average molecular weight is 532 g/mol. The van der Waals surface area contributed by atoms with Crippen LogP contribution < -0.4 is 4.90 Å². The molecule has 2 fully saturated rings. The van der Waals surface area contributed by atoms with Crippen molar-refractivity contribution >= 4 is 23.2 Å². The van der Waals surface area contributed by atoms with Gasteiger partial charge in [0.15, 0.2) is 18.2 Å². The zero-order chi connectivity index (χ0) is 28.1. The van der Waals surface area contributed by atoms with E-state index in [1.54, 1.807) is 6.92 Å². The van der Waals surface area contributed by atoms with Crippen LogP contribution in [0.2, 0.25) is 0 Å². The van der Waals surface area contributed by atoms with Crippen LogP contribution in [0.15, 0.2) is 47.1 Å². The minimum atomic E-state index is -1.19. The maximum atomic E-state index is 15.8. The largest absolute Gasteiger partial charge is 0.458 e. The molecule has 5 rings (SSSR count). The van der Waals surface area contributed by atoms with Crippen molar-refractivity contribution < 1.29 is 23.5 Å². The number of carbonyl (C=O) groups is 3. The summed E-state index contributed by atoms with van der Waals surface area (Å²) in [6, 6.07) is 8.50. The maximum absolute atomic E-state index is 15.8. The highest BCUT2D eigenvalue weighted by atomic mass is 19.1. The number of anilines is 1.